The first-order valence-electron chi connectivity index (χ1n) is 9.52. The van der Waals surface area contributed by atoms with Crippen molar-refractivity contribution in [2.24, 2.45) is 0 Å². The van der Waals surface area contributed by atoms with Crippen LogP contribution in [0.3, 0.4) is 0 Å². The van der Waals surface area contributed by atoms with Crippen LogP contribution in [0.15, 0.2) is 42.6 Å². The van der Waals surface area contributed by atoms with Gasteiger partial charge in [0.1, 0.15) is 5.69 Å². The fourth-order valence-electron chi connectivity index (χ4n) is 3.16. The Balaban J connectivity index is 1.45. The van der Waals surface area contributed by atoms with Crippen LogP contribution in [0, 0.1) is 0 Å². The number of carbonyl (C=O) groups is 1. The Morgan fingerprint density at radius 2 is 1.81 bits per heavy atom. The minimum absolute atomic E-state index is 0.0972. The molecule has 0 aliphatic carbocycles. The highest BCUT2D eigenvalue weighted by Crippen LogP contribution is 2.29. The van der Waals surface area contributed by atoms with Crippen LogP contribution in [0.2, 0.25) is 0 Å². The predicted molar refractivity (Wildman–Crippen MR) is 112 cm³/mol. The van der Waals surface area contributed by atoms with Crippen LogP contribution in [0.25, 0.3) is 11.5 Å². The second kappa shape index (κ2) is 8.60. The van der Waals surface area contributed by atoms with Crippen molar-refractivity contribution < 1.29 is 18.0 Å². The monoisotopic (exact) mass is 448 g/mol. The Morgan fingerprint density at radius 3 is 2.48 bits per heavy atom. The number of anilines is 2. The molecule has 1 N–H and O–H groups in total. The third-order valence-electron chi connectivity index (χ3n) is 4.96. The van der Waals surface area contributed by atoms with Crippen LogP contribution < -0.4 is 10.2 Å². The van der Waals surface area contributed by atoms with Crippen molar-refractivity contribution in [3.05, 3.63) is 53.7 Å². The highest BCUT2D eigenvalue weighted by atomic mass is 32.1. The standard InChI is InChI=1S/C20H19F3N6OS/c1-28-8-10-29(11-9-28)15-6-7-24-16(12-15)17-25-19(31-27-17)26-18(30)13-2-4-14(5-3-13)20(21,22)23/h2-7,12H,8-11H2,1H3,(H,25,26,27,30). The molecule has 1 amide bonds. The van der Waals surface area contributed by atoms with Gasteiger partial charge in [-0.05, 0) is 43.4 Å². The van der Waals surface area contributed by atoms with Crippen LogP contribution in [0.1, 0.15) is 15.9 Å². The summed E-state index contributed by atoms with van der Waals surface area (Å²) in [6.45, 7) is 3.79. The summed E-state index contributed by atoms with van der Waals surface area (Å²) in [7, 11) is 2.09. The summed E-state index contributed by atoms with van der Waals surface area (Å²) < 4.78 is 42.3. The molecule has 0 unspecified atom stereocenters. The van der Waals surface area contributed by atoms with Gasteiger partial charge in [0.25, 0.3) is 5.91 Å². The quantitative estimate of drug-likeness (QED) is 0.657. The summed E-state index contributed by atoms with van der Waals surface area (Å²) in [5.74, 6) is -0.181. The van der Waals surface area contributed by atoms with Gasteiger partial charge in [-0.3, -0.25) is 15.1 Å². The van der Waals surface area contributed by atoms with E-state index in [0.29, 0.717) is 11.5 Å². The van der Waals surface area contributed by atoms with Gasteiger partial charge < -0.3 is 9.80 Å². The number of aromatic nitrogens is 3. The molecule has 31 heavy (non-hydrogen) atoms. The van der Waals surface area contributed by atoms with E-state index >= 15 is 0 Å². The van der Waals surface area contributed by atoms with Gasteiger partial charge >= 0.3 is 6.18 Å². The lowest BCUT2D eigenvalue weighted by atomic mass is 10.1. The fourth-order valence-corrected chi connectivity index (χ4v) is 3.73. The van der Waals surface area contributed by atoms with E-state index in [1.54, 1.807) is 6.20 Å². The Labute approximate surface area is 180 Å². The molecule has 162 valence electrons. The number of likely N-dealkylation sites (N-methyl/N-ethyl adjacent to an activating group) is 1. The molecule has 1 aliphatic rings. The van der Waals surface area contributed by atoms with Gasteiger partial charge in [0.2, 0.25) is 5.13 Å². The maximum absolute atomic E-state index is 12.7. The number of carbonyl (C=O) groups excluding carboxylic acids is 1. The number of nitrogens with one attached hydrogen (secondary N) is 1. The molecule has 2 aromatic heterocycles. The SMILES string of the molecule is CN1CCN(c2ccnc(-c3nsc(NC(=O)c4ccc(C(F)(F)F)cc4)n3)c2)CC1. The lowest BCUT2D eigenvalue weighted by Gasteiger charge is -2.34. The van der Waals surface area contributed by atoms with Crippen molar-refractivity contribution in [2.45, 2.75) is 6.18 Å². The molecule has 1 aromatic carbocycles. The topological polar surface area (TPSA) is 74.2 Å². The third kappa shape index (κ3) is 5.00. The van der Waals surface area contributed by atoms with Crippen LogP contribution in [-0.2, 0) is 6.18 Å². The molecule has 0 bridgehead atoms. The molecule has 1 fully saturated rings. The van der Waals surface area contributed by atoms with E-state index in [1.165, 1.54) is 0 Å². The van der Waals surface area contributed by atoms with E-state index in [4.69, 9.17) is 0 Å². The van der Waals surface area contributed by atoms with Gasteiger partial charge in [-0.2, -0.15) is 22.5 Å². The van der Waals surface area contributed by atoms with E-state index < -0.39 is 17.6 Å². The first-order valence-corrected chi connectivity index (χ1v) is 10.3. The molecule has 0 saturated carbocycles. The summed E-state index contributed by atoms with van der Waals surface area (Å²) in [5, 5.41) is 2.81. The fraction of sp³-hybridized carbons (Fsp3) is 0.300. The van der Waals surface area contributed by atoms with Crippen molar-refractivity contribution >= 4 is 28.3 Å². The lowest BCUT2D eigenvalue weighted by molar-refractivity contribution is -0.137. The second-order valence-electron chi connectivity index (χ2n) is 7.14. The third-order valence-corrected chi connectivity index (χ3v) is 5.59. The smallest absolute Gasteiger partial charge is 0.369 e. The number of alkyl halides is 3. The zero-order valence-electron chi connectivity index (χ0n) is 16.6. The van der Waals surface area contributed by atoms with Gasteiger partial charge in [-0.25, -0.2) is 0 Å². The Morgan fingerprint density at radius 1 is 1.10 bits per heavy atom. The van der Waals surface area contributed by atoms with Crippen LogP contribution in [0.4, 0.5) is 24.0 Å². The molecule has 0 atom stereocenters. The second-order valence-corrected chi connectivity index (χ2v) is 7.89. The number of piperazine rings is 1. The zero-order valence-corrected chi connectivity index (χ0v) is 17.4. The minimum atomic E-state index is -4.45. The summed E-state index contributed by atoms with van der Waals surface area (Å²) in [6, 6.07) is 7.84. The summed E-state index contributed by atoms with van der Waals surface area (Å²) in [6.07, 6.45) is -2.75. The van der Waals surface area contributed by atoms with Crippen LogP contribution in [-0.4, -0.2) is 58.4 Å². The molecule has 4 rings (SSSR count). The highest BCUT2D eigenvalue weighted by Gasteiger charge is 2.30. The average Bonchev–Trinajstić information content (AvgIpc) is 3.22. The Kier molecular flexibility index (Phi) is 5.88. The largest absolute Gasteiger partial charge is 0.416 e. The van der Waals surface area contributed by atoms with E-state index in [-0.39, 0.29) is 10.7 Å². The molecule has 0 spiro atoms. The van der Waals surface area contributed by atoms with Gasteiger partial charge in [-0.15, -0.1) is 0 Å². The molecule has 0 radical (unpaired) electrons. The number of nitrogens with zero attached hydrogens (tertiary/aromatic N) is 5. The number of hydrogen-bond acceptors (Lipinski definition) is 7. The first-order chi connectivity index (χ1) is 14.8. The Bertz CT molecular complexity index is 1060. The van der Waals surface area contributed by atoms with Gasteiger partial charge in [0.05, 0.1) is 5.56 Å². The number of rotatable bonds is 4. The van der Waals surface area contributed by atoms with Gasteiger partial charge in [0, 0.05) is 55.2 Å². The van der Waals surface area contributed by atoms with E-state index in [0.717, 1.165) is 67.7 Å². The number of benzene rings is 1. The first kappa shape index (κ1) is 21.2. The van der Waals surface area contributed by atoms with E-state index in [1.807, 2.05) is 12.1 Å². The normalized spacial score (nSPS) is 15.2. The molecule has 1 aliphatic heterocycles. The maximum Gasteiger partial charge on any atom is 0.416 e. The lowest BCUT2D eigenvalue weighted by Crippen LogP contribution is -2.44. The minimum Gasteiger partial charge on any atom is -0.369 e. The van der Waals surface area contributed by atoms with Crippen LogP contribution >= 0.6 is 11.5 Å². The summed E-state index contributed by atoms with van der Waals surface area (Å²) in [4.78, 5) is 25.5. The van der Waals surface area contributed by atoms with Crippen molar-refractivity contribution in [3.63, 3.8) is 0 Å². The van der Waals surface area contributed by atoms with E-state index in [2.05, 4.69) is 36.5 Å². The number of amides is 1. The molecule has 1 saturated heterocycles. The number of halogens is 3. The van der Waals surface area contributed by atoms with Crippen LogP contribution in [0.5, 0.6) is 0 Å². The molecular formula is C20H19F3N6OS. The van der Waals surface area contributed by atoms with Crippen molar-refractivity contribution in [3.8, 4) is 11.5 Å². The van der Waals surface area contributed by atoms with Crippen molar-refractivity contribution in [1.82, 2.24) is 19.2 Å². The van der Waals surface area contributed by atoms with Crippen molar-refractivity contribution in [1.29, 1.82) is 0 Å². The van der Waals surface area contributed by atoms with Gasteiger partial charge in [0.15, 0.2) is 5.82 Å². The summed E-state index contributed by atoms with van der Waals surface area (Å²) in [5.41, 5.74) is 0.902. The molecular weight excluding hydrogens is 429 g/mol. The molecule has 7 nitrogen and oxygen atoms in total. The zero-order chi connectivity index (χ0) is 22.0. The molecule has 11 heteroatoms. The van der Waals surface area contributed by atoms with Gasteiger partial charge in [-0.1, -0.05) is 0 Å². The molecule has 3 aromatic rings. The average molecular weight is 448 g/mol. The summed E-state index contributed by atoms with van der Waals surface area (Å²) >= 11 is 0.983. The Hall–Kier alpha value is -3.05. The maximum atomic E-state index is 12.7. The number of hydrogen-bond donors (Lipinski definition) is 1. The van der Waals surface area contributed by atoms with E-state index in [9.17, 15) is 18.0 Å². The van der Waals surface area contributed by atoms with Crippen molar-refractivity contribution in [2.75, 3.05) is 43.4 Å². The molecule has 3 heterocycles. The highest BCUT2D eigenvalue weighted by molar-refractivity contribution is 7.10. The number of pyridine rings is 1. The predicted octanol–water partition coefficient (Wildman–Crippen LogP) is 3.62.